The number of nitrogens with one attached hydrogen (secondary N) is 1. The highest BCUT2D eigenvalue weighted by atomic mass is 32.2. The normalized spacial score (nSPS) is 23.0. The molecule has 0 aromatic carbocycles. The molecule has 2 aliphatic heterocycles. The van der Waals surface area contributed by atoms with Gasteiger partial charge in [-0.2, -0.15) is 14.4 Å². The number of aromatic amines is 1. The first-order valence-corrected chi connectivity index (χ1v) is 7.35. The van der Waals surface area contributed by atoms with Crippen LogP contribution in [0.4, 0.5) is 5.95 Å². The molecule has 0 unspecified atom stereocenters. The molecule has 0 amide bonds. The summed E-state index contributed by atoms with van der Waals surface area (Å²) >= 11 is 0. The maximum atomic E-state index is 12.2. The molecule has 0 bridgehead atoms. The smallest absolute Gasteiger partial charge is 0.221 e. The number of aromatic nitrogens is 3. The van der Waals surface area contributed by atoms with Crippen LogP contribution in [-0.4, -0.2) is 72.5 Å². The second-order valence-electron chi connectivity index (χ2n) is 4.40. The largest absolute Gasteiger partial charge is 0.378 e. The average Bonchev–Trinajstić information content (AvgIpc) is 2.79. The van der Waals surface area contributed by atoms with Gasteiger partial charge in [-0.3, -0.25) is 0 Å². The Hall–Kier alpha value is -1.19. The Morgan fingerprint density at radius 3 is 2.50 bits per heavy atom. The van der Waals surface area contributed by atoms with Crippen molar-refractivity contribution in [2.24, 2.45) is 0 Å². The minimum atomic E-state index is -3.18. The third-order valence-corrected chi connectivity index (χ3v) is 5.53. The first-order chi connectivity index (χ1) is 8.68. The molecule has 3 rings (SSSR count). The minimum Gasteiger partial charge on any atom is -0.378 e. The first-order valence-electron chi connectivity index (χ1n) is 5.85. The number of hydrogen-bond donors (Lipinski definition) is 1. The van der Waals surface area contributed by atoms with E-state index in [1.807, 2.05) is 4.90 Å². The summed E-state index contributed by atoms with van der Waals surface area (Å²) in [6.45, 7) is 2.87. The number of anilines is 1. The Morgan fingerprint density at radius 2 is 2.00 bits per heavy atom. The third-order valence-electron chi connectivity index (χ3n) is 3.33. The lowest BCUT2D eigenvalue weighted by atomic mass is 10.4. The van der Waals surface area contributed by atoms with Crippen molar-refractivity contribution in [2.45, 2.75) is 5.25 Å². The molecule has 1 aromatic heterocycles. The van der Waals surface area contributed by atoms with Crippen LogP contribution in [0.1, 0.15) is 0 Å². The van der Waals surface area contributed by atoms with Crippen molar-refractivity contribution in [1.82, 2.24) is 19.5 Å². The summed E-state index contributed by atoms with van der Waals surface area (Å²) in [4.78, 5) is 6.06. The minimum absolute atomic E-state index is 0.324. The van der Waals surface area contributed by atoms with Gasteiger partial charge in [0.05, 0.1) is 13.2 Å². The lowest BCUT2D eigenvalue weighted by Gasteiger charge is -2.37. The molecule has 2 fully saturated rings. The van der Waals surface area contributed by atoms with Gasteiger partial charge in [0, 0.05) is 26.2 Å². The van der Waals surface area contributed by atoms with E-state index in [-0.39, 0.29) is 5.25 Å². The maximum absolute atomic E-state index is 12.2. The zero-order chi connectivity index (χ0) is 12.6. The fourth-order valence-corrected chi connectivity index (χ4v) is 3.73. The Labute approximate surface area is 105 Å². The molecule has 3 heterocycles. The van der Waals surface area contributed by atoms with Gasteiger partial charge in [-0.05, 0) is 0 Å². The van der Waals surface area contributed by atoms with Crippen LogP contribution in [0.25, 0.3) is 0 Å². The lowest BCUT2D eigenvalue weighted by molar-refractivity contribution is 0.0391. The number of hydrogen-bond acceptors (Lipinski definition) is 6. The second-order valence-corrected chi connectivity index (χ2v) is 6.61. The van der Waals surface area contributed by atoms with E-state index in [1.54, 1.807) is 4.31 Å². The van der Waals surface area contributed by atoms with Crippen LogP contribution in [-0.2, 0) is 14.8 Å². The van der Waals surface area contributed by atoms with Crippen LogP contribution in [0.2, 0.25) is 0 Å². The third kappa shape index (κ3) is 1.98. The van der Waals surface area contributed by atoms with E-state index in [1.165, 1.54) is 6.33 Å². The molecule has 0 saturated carbocycles. The van der Waals surface area contributed by atoms with Crippen molar-refractivity contribution < 1.29 is 13.2 Å². The molecule has 9 heteroatoms. The number of H-pyrrole nitrogens is 1. The zero-order valence-electron chi connectivity index (χ0n) is 9.82. The maximum Gasteiger partial charge on any atom is 0.221 e. The molecule has 0 radical (unpaired) electrons. The SMILES string of the molecule is O=S(=O)(C1COC1)N1CCN(c2ncn[nH]2)CC1. The Morgan fingerprint density at radius 1 is 1.28 bits per heavy atom. The van der Waals surface area contributed by atoms with Crippen LogP contribution >= 0.6 is 0 Å². The average molecular weight is 273 g/mol. The summed E-state index contributed by atoms with van der Waals surface area (Å²) in [5, 5.41) is 6.22. The molecule has 2 aliphatic rings. The van der Waals surface area contributed by atoms with Gasteiger partial charge < -0.3 is 9.64 Å². The zero-order valence-corrected chi connectivity index (χ0v) is 10.6. The number of piperazine rings is 1. The standard InChI is InChI=1S/C9H15N5O3S/c15-18(16,8-5-17-6-8)14-3-1-13(2-4-14)9-10-7-11-12-9/h7-8H,1-6H2,(H,10,11,12). The molecular weight excluding hydrogens is 258 g/mol. The summed E-state index contributed by atoms with van der Waals surface area (Å²) in [6, 6.07) is 0. The van der Waals surface area contributed by atoms with Gasteiger partial charge in [-0.15, -0.1) is 0 Å². The van der Waals surface area contributed by atoms with E-state index in [2.05, 4.69) is 15.2 Å². The summed E-state index contributed by atoms with van der Waals surface area (Å²) < 4.78 is 30.8. The Balaban J connectivity index is 1.63. The van der Waals surface area contributed by atoms with Gasteiger partial charge in [-0.25, -0.2) is 13.5 Å². The van der Waals surface area contributed by atoms with Crippen molar-refractivity contribution in [3.63, 3.8) is 0 Å². The van der Waals surface area contributed by atoms with Crippen LogP contribution in [0.5, 0.6) is 0 Å². The molecule has 0 aliphatic carbocycles. The van der Waals surface area contributed by atoms with Crippen LogP contribution in [0.15, 0.2) is 6.33 Å². The van der Waals surface area contributed by atoms with Crippen LogP contribution in [0.3, 0.4) is 0 Å². The van der Waals surface area contributed by atoms with Crippen molar-refractivity contribution in [1.29, 1.82) is 0 Å². The molecule has 100 valence electrons. The van der Waals surface area contributed by atoms with Gasteiger partial charge in [0.2, 0.25) is 16.0 Å². The molecule has 8 nitrogen and oxygen atoms in total. The molecule has 0 spiro atoms. The molecule has 1 aromatic rings. The fraction of sp³-hybridized carbons (Fsp3) is 0.778. The van der Waals surface area contributed by atoms with Crippen molar-refractivity contribution >= 4 is 16.0 Å². The lowest BCUT2D eigenvalue weighted by Crippen LogP contribution is -2.55. The van der Waals surface area contributed by atoms with Gasteiger partial charge in [0.1, 0.15) is 11.6 Å². The van der Waals surface area contributed by atoms with E-state index >= 15 is 0 Å². The van der Waals surface area contributed by atoms with Gasteiger partial charge >= 0.3 is 0 Å². The quantitative estimate of drug-likeness (QED) is 0.732. The Bertz CT molecular complexity index is 490. The van der Waals surface area contributed by atoms with Gasteiger partial charge in [0.25, 0.3) is 0 Å². The fourth-order valence-electron chi connectivity index (χ4n) is 2.10. The monoisotopic (exact) mass is 273 g/mol. The van der Waals surface area contributed by atoms with Gasteiger partial charge in [0.15, 0.2) is 0 Å². The van der Waals surface area contributed by atoms with E-state index in [0.717, 1.165) is 0 Å². The summed E-state index contributed by atoms with van der Waals surface area (Å²) in [6.07, 6.45) is 1.45. The number of ether oxygens (including phenoxy) is 1. The molecule has 1 N–H and O–H groups in total. The number of sulfonamides is 1. The predicted molar refractivity (Wildman–Crippen MR) is 63.7 cm³/mol. The summed E-state index contributed by atoms with van der Waals surface area (Å²) in [7, 11) is -3.18. The van der Waals surface area contributed by atoms with Crippen LogP contribution < -0.4 is 4.90 Å². The highest BCUT2D eigenvalue weighted by Gasteiger charge is 2.38. The van der Waals surface area contributed by atoms with E-state index in [4.69, 9.17) is 4.74 Å². The highest BCUT2D eigenvalue weighted by molar-refractivity contribution is 7.89. The Kier molecular flexibility index (Phi) is 2.96. The van der Waals surface area contributed by atoms with Crippen molar-refractivity contribution in [3.8, 4) is 0 Å². The molecule has 0 atom stereocenters. The predicted octanol–water partition coefficient (Wildman–Crippen LogP) is -1.34. The van der Waals surface area contributed by atoms with E-state index in [0.29, 0.717) is 45.3 Å². The number of nitrogens with zero attached hydrogens (tertiary/aromatic N) is 4. The molecule has 18 heavy (non-hydrogen) atoms. The summed E-state index contributed by atoms with van der Waals surface area (Å²) in [5.41, 5.74) is 0. The molecule has 2 saturated heterocycles. The topological polar surface area (TPSA) is 91.4 Å². The van der Waals surface area contributed by atoms with Crippen molar-refractivity contribution in [3.05, 3.63) is 6.33 Å². The van der Waals surface area contributed by atoms with Crippen molar-refractivity contribution in [2.75, 3.05) is 44.3 Å². The van der Waals surface area contributed by atoms with E-state index in [9.17, 15) is 8.42 Å². The van der Waals surface area contributed by atoms with Crippen LogP contribution in [0, 0.1) is 0 Å². The summed E-state index contributed by atoms with van der Waals surface area (Å²) in [5.74, 6) is 0.694. The first kappa shape index (κ1) is 11.9. The second kappa shape index (κ2) is 4.48. The van der Waals surface area contributed by atoms with Gasteiger partial charge in [-0.1, -0.05) is 0 Å². The highest BCUT2D eigenvalue weighted by Crippen LogP contribution is 2.19. The number of rotatable bonds is 3. The van der Waals surface area contributed by atoms with E-state index < -0.39 is 10.0 Å². The molecular formula is C9H15N5O3S.